The van der Waals surface area contributed by atoms with Crippen molar-refractivity contribution in [3.05, 3.63) is 22.6 Å². The van der Waals surface area contributed by atoms with Gasteiger partial charge < -0.3 is 14.7 Å². The first-order valence-electron chi connectivity index (χ1n) is 4.11. The number of nitrogens with one attached hydrogen (secondary N) is 1. The molecule has 0 fully saturated rings. The van der Waals surface area contributed by atoms with E-state index < -0.39 is 4.92 Å². The SMILES string of the molecule is CONC(=O)CCn1cnc([N+](=O)[O-])c1. The molecule has 0 spiro atoms. The summed E-state index contributed by atoms with van der Waals surface area (Å²) in [7, 11) is 1.33. The third-order valence-corrected chi connectivity index (χ3v) is 1.62. The summed E-state index contributed by atoms with van der Waals surface area (Å²) in [5.41, 5.74) is 2.14. The highest BCUT2D eigenvalue weighted by Gasteiger charge is 2.10. The Bertz CT molecular complexity index is 362. The van der Waals surface area contributed by atoms with Gasteiger partial charge in [-0.15, -0.1) is 0 Å². The van der Waals surface area contributed by atoms with Crippen molar-refractivity contribution in [1.29, 1.82) is 0 Å². The minimum absolute atomic E-state index is 0.168. The lowest BCUT2D eigenvalue weighted by atomic mass is 10.4. The summed E-state index contributed by atoms with van der Waals surface area (Å²) in [5, 5.41) is 10.3. The van der Waals surface area contributed by atoms with E-state index in [1.165, 1.54) is 24.2 Å². The zero-order valence-electron chi connectivity index (χ0n) is 8.04. The topological polar surface area (TPSA) is 99.3 Å². The first-order chi connectivity index (χ1) is 7.13. The molecule has 0 aliphatic rings. The number of imidazole rings is 1. The summed E-state index contributed by atoms with van der Waals surface area (Å²) >= 11 is 0. The van der Waals surface area contributed by atoms with Crippen LogP contribution in [0.25, 0.3) is 0 Å². The second kappa shape index (κ2) is 5.05. The largest absolute Gasteiger partial charge is 0.381 e. The van der Waals surface area contributed by atoms with Gasteiger partial charge in [-0.05, 0) is 9.91 Å². The highest BCUT2D eigenvalue weighted by atomic mass is 16.6. The molecule has 0 aromatic carbocycles. The van der Waals surface area contributed by atoms with Crippen LogP contribution in [0.4, 0.5) is 5.82 Å². The lowest BCUT2D eigenvalue weighted by Crippen LogP contribution is -2.22. The molecule has 1 N–H and O–H groups in total. The Morgan fingerprint density at radius 1 is 1.80 bits per heavy atom. The van der Waals surface area contributed by atoms with Crippen molar-refractivity contribution in [1.82, 2.24) is 15.0 Å². The Balaban J connectivity index is 2.44. The summed E-state index contributed by atoms with van der Waals surface area (Å²) in [5.74, 6) is -0.531. The van der Waals surface area contributed by atoms with E-state index in [1.807, 2.05) is 0 Å². The van der Waals surface area contributed by atoms with Crippen LogP contribution in [0.5, 0.6) is 0 Å². The second-order valence-electron chi connectivity index (χ2n) is 2.71. The summed E-state index contributed by atoms with van der Waals surface area (Å²) in [6.45, 7) is 0.316. The highest BCUT2D eigenvalue weighted by Crippen LogP contribution is 2.05. The Morgan fingerprint density at radius 3 is 3.07 bits per heavy atom. The van der Waals surface area contributed by atoms with Gasteiger partial charge in [0.15, 0.2) is 0 Å². The van der Waals surface area contributed by atoms with Crippen LogP contribution >= 0.6 is 0 Å². The molecule has 0 radical (unpaired) electrons. The predicted molar refractivity (Wildman–Crippen MR) is 48.7 cm³/mol. The van der Waals surface area contributed by atoms with Crippen LogP contribution in [-0.4, -0.2) is 27.5 Å². The molecular weight excluding hydrogens is 204 g/mol. The molecule has 8 heteroatoms. The normalized spacial score (nSPS) is 9.93. The number of aryl methyl sites for hydroxylation is 1. The Labute approximate surface area is 85.0 Å². The van der Waals surface area contributed by atoms with Gasteiger partial charge in [0, 0.05) is 13.0 Å². The maximum Gasteiger partial charge on any atom is 0.381 e. The van der Waals surface area contributed by atoms with Crippen LogP contribution in [0.2, 0.25) is 0 Å². The average Bonchev–Trinajstić information content (AvgIpc) is 2.63. The summed E-state index contributed by atoms with van der Waals surface area (Å²) < 4.78 is 1.47. The maximum atomic E-state index is 11.0. The maximum absolute atomic E-state index is 11.0. The quantitative estimate of drug-likeness (QED) is 0.543. The van der Waals surface area contributed by atoms with E-state index in [4.69, 9.17) is 0 Å². The van der Waals surface area contributed by atoms with Gasteiger partial charge in [0.1, 0.15) is 6.20 Å². The first kappa shape index (κ1) is 11.1. The molecule has 0 atom stereocenters. The van der Waals surface area contributed by atoms with E-state index in [-0.39, 0.29) is 18.1 Å². The molecule has 0 unspecified atom stereocenters. The molecule has 0 bridgehead atoms. The summed E-state index contributed by atoms with van der Waals surface area (Å²) in [6.07, 6.45) is 2.74. The van der Waals surface area contributed by atoms with Crippen molar-refractivity contribution in [2.24, 2.45) is 0 Å². The fourth-order valence-corrected chi connectivity index (χ4v) is 0.960. The molecule has 8 nitrogen and oxygen atoms in total. The second-order valence-corrected chi connectivity index (χ2v) is 2.71. The number of nitrogens with zero attached hydrogens (tertiary/aromatic N) is 3. The Morgan fingerprint density at radius 2 is 2.53 bits per heavy atom. The predicted octanol–water partition coefficient (Wildman–Crippen LogP) is -0.141. The minimum Gasteiger partial charge on any atom is -0.358 e. The zero-order chi connectivity index (χ0) is 11.3. The number of aromatic nitrogens is 2. The first-order valence-corrected chi connectivity index (χ1v) is 4.11. The summed E-state index contributed by atoms with van der Waals surface area (Å²) in [4.78, 5) is 28.6. The van der Waals surface area contributed by atoms with Crippen LogP contribution in [0.15, 0.2) is 12.5 Å². The van der Waals surface area contributed by atoms with Crippen LogP contribution in [0.1, 0.15) is 6.42 Å². The van der Waals surface area contributed by atoms with E-state index in [2.05, 4.69) is 15.3 Å². The van der Waals surface area contributed by atoms with Crippen molar-refractivity contribution < 1.29 is 14.6 Å². The monoisotopic (exact) mass is 214 g/mol. The van der Waals surface area contributed by atoms with E-state index >= 15 is 0 Å². The van der Waals surface area contributed by atoms with Crippen LogP contribution in [0.3, 0.4) is 0 Å². The Hall–Kier alpha value is -1.96. The molecule has 0 aliphatic heterocycles. The minimum atomic E-state index is -0.592. The molecule has 1 rings (SSSR count). The van der Waals surface area contributed by atoms with Gasteiger partial charge in [-0.2, -0.15) is 0 Å². The molecule has 15 heavy (non-hydrogen) atoms. The van der Waals surface area contributed by atoms with Crippen LogP contribution < -0.4 is 5.48 Å². The van der Waals surface area contributed by atoms with Gasteiger partial charge in [0.2, 0.25) is 12.2 Å². The van der Waals surface area contributed by atoms with Gasteiger partial charge in [0.05, 0.1) is 7.11 Å². The number of carbonyl (C=O) groups excluding carboxylic acids is 1. The van der Waals surface area contributed by atoms with Gasteiger partial charge in [0.25, 0.3) is 0 Å². The number of rotatable bonds is 5. The fraction of sp³-hybridized carbons (Fsp3) is 0.429. The van der Waals surface area contributed by atoms with Crippen molar-refractivity contribution in [2.45, 2.75) is 13.0 Å². The van der Waals surface area contributed by atoms with E-state index in [9.17, 15) is 14.9 Å². The number of hydrogen-bond donors (Lipinski definition) is 1. The molecule has 0 saturated carbocycles. The lowest BCUT2D eigenvalue weighted by Gasteiger charge is -2.00. The van der Waals surface area contributed by atoms with Gasteiger partial charge in [-0.1, -0.05) is 0 Å². The third-order valence-electron chi connectivity index (χ3n) is 1.62. The number of amides is 1. The number of hydroxylamine groups is 1. The van der Waals surface area contributed by atoms with Crippen molar-refractivity contribution in [3.8, 4) is 0 Å². The van der Waals surface area contributed by atoms with Crippen molar-refractivity contribution >= 4 is 11.7 Å². The van der Waals surface area contributed by atoms with Crippen LogP contribution in [0, 0.1) is 10.1 Å². The zero-order valence-corrected chi connectivity index (χ0v) is 8.04. The van der Waals surface area contributed by atoms with Gasteiger partial charge >= 0.3 is 5.82 Å². The smallest absolute Gasteiger partial charge is 0.358 e. The molecule has 1 amide bonds. The molecule has 0 aliphatic carbocycles. The number of carbonyl (C=O) groups is 1. The van der Waals surface area contributed by atoms with Gasteiger partial charge in [-0.3, -0.25) is 9.63 Å². The third kappa shape index (κ3) is 3.35. The number of nitro groups is 1. The average molecular weight is 214 g/mol. The standard InChI is InChI=1S/C7H10N4O4/c1-15-9-7(12)2-3-10-4-6(8-5-10)11(13)14/h4-5H,2-3H2,1H3,(H,9,12). The molecule has 1 aromatic heterocycles. The molecule has 0 saturated heterocycles. The molecule has 82 valence electrons. The molecule has 1 aromatic rings. The van der Waals surface area contributed by atoms with E-state index in [0.717, 1.165) is 0 Å². The summed E-state index contributed by atoms with van der Waals surface area (Å²) in [6, 6.07) is 0. The molecule has 1 heterocycles. The van der Waals surface area contributed by atoms with E-state index in [1.54, 1.807) is 0 Å². The van der Waals surface area contributed by atoms with Gasteiger partial charge in [-0.25, -0.2) is 5.48 Å². The molecular formula is C7H10N4O4. The van der Waals surface area contributed by atoms with E-state index in [0.29, 0.717) is 6.54 Å². The fourth-order valence-electron chi connectivity index (χ4n) is 0.960. The van der Waals surface area contributed by atoms with Crippen molar-refractivity contribution in [3.63, 3.8) is 0 Å². The van der Waals surface area contributed by atoms with Crippen molar-refractivity contribution in [2.75, 3.05) is 7.11 Å². The van der Waals surface area contributed by atoms with Crippen LogP contribution in [-0.2, 0) is 16.2 Å². The Kier molecular flexibility index (Phi) is 3.75. The number of hydrogen-bond acceptors (Lipinski definition) is 5. The lowest BCUT2D eigenvalue weighted by molar-refractivity contribution is -0.389. The highest BCUT2D eigenvalue weighted by molar-refractivity contribution is 5.74.